The third-order valence-electron chi connectivity index (χ3n) is 5.91. The molecule has 1 N–H and O–H groups in total. The number of hydrogen-bond acceptors (Lipinski definition) is 5. The molecule has 0 atom stereocenters. The molecule has 36 heavy (non-hydrogen) atoms. The van der Waals surface area contributed by atoms with Gasteiger partial charge < -0.3 is 5.32 Å². The number of fused-ring (bicyclic) bond motifs is 1. The second kappa shape index (κ2) is 9.75. The van der Waals surface area contributed by atoms with Crippen molar-refractivity contribution in [1.29, 1.82) is 0 Å². The average Bonchev–Trinajstić information content (AvgIpc) is 2.92. The Kier molecular flexibility index (Phi) is 6.35. The monoisotopic (exact) mass is 498 g/mol. The van der Waals surface area contributed by atoms with Gasteiger partial charge in [0.05, 0.1) is 22.6 Å². The summed E-state index contributed by atoms with van der Waals surface area (Å²) in [4.78, 5) is 8.70. The lowest BCUT2D eigenvalue weighted by Gasteiger charge is -2.25. The highest BCUT2D eigenvalue weighted by Crippen LogP contribution is 2.31. The maximum absolute atomic E-state index is 14.8. The Morgan fingerprint density at radius 1 is 0.833 bits per heavy atom. The number of para-hydroxylation sites is 1. The molecule has 0 aliphatic heterocycles. The number of nitrogens with zero attached hydrogens (tertiary/aromatic N) is 3. The minimum atomic E-state index is -4.02. The fourth-order valence-electron chi connectivity index (χ4n) is 4.12. The van der Waals surface area contributed by atoms with Gasteiger partial charge >= 0.3 is 0 Å². The molecular weight excluding hydrogens is 475 g/mol. The van der Waals surface area contributed by atoms with E-state index < -0.39 is 15.8 Å². The third kappa shape index (κ3) is 4.50. The van der Waals surface area contributed by atoms with Gasteiger partial charge in [-0.2, -0.15) is 0 Å². The molecule has 5 rings (SSSR count). The molecule has 0 amide bonds. The zero-order valence-corrected chi connectivity index (χ0v) is 20.3. The van der Waals surface area contributed by atoms with E-state index in [1.807, 2.05) is 42.5 Å². The number of sulfonamides is 1. The van der Waals surface area contributed by atoms with Crippen molar-refractivity contribution in [3.8, 4) is 11.1 Å². The van der Waals surface area contributed by atoms with Gasteiger partial charge in [-0.1, -0.05) is 54.6 Å². The normalized spacial score (nSPS) is 11.4. The Bertz CT molecular complexity index is 1640. The first-order chi connectivity index (χ1) is 17.5. The highest BCUT2D eigenvalue weighted by molar-refractivity contribution is 7.92. The first kappa shape index (κ1) is 23.4. The van der Waals surface area contributed by atoms with E-state index in [9.17, 15) is 12.8 Å². The minimum Gasteiger partial charge on any atom is -0.373 e. The second-order valence-corrected chi connectivity index (χ2v) is 10.0. The predicted molar refractivity (Wildman–Crippen MR) is 141 cm³/mol. The molecule has 1 heterocycles. The van der Waals surface area contributed by atoms with Crippen LogP contribution in [0.15, 0.2) is 108 Å². The lowest BCUT2D eigenvalue weighted by Crippen LogP contribution is -2.31. The van der Waals surface area contributed by atoms with Crippen molar-refractivity contribution < 1.29 is 12.8 Å². The average molecular weight is 499 g/mol. The van der Waals surface area contributed by atoms with Gasteiger partial charge in [0, 0.05) is 12.4 Å². The van der Waals surface area contributed by atoms with E-state index in [1.165, 1.54) is 36.7 Å². The van der Waals surface area contributed by atoms with Crippen LogP contribution in [0.1, 0.15) is 5.56 Å². The van der Waals surface area contributed by atoms with Gasteiger partial charge in [-0.3, -0.25) is 4.31 Å². The summed E-state index contributed by atoms with van der Waals surface area (Å²) in [6.45, 7) is -0.0372. The molecular formula is C28H23FN4O2S. The maximum atomic E-state index is 14.8. The van der Waals surface area contributed by atoms with Gasteiger partial charge in [0.1, 0.15) is 18.0 Å². The summed E-state index contributed by atoms with van der Waals surface area (Å²) in [5.74, 6) is 0.111. The van der Waals surface area contributed by atoms with Crippen molar-refractivity contribution in [2.75, 3.05) is 16.7 Å². The van der Waals surface area contributed by atoms with Crippen LogP contribution in [0, 0.1) is 5.82 Å². The summed E-state index contributed by atoms with van der Waals surface area (Å²) < 4.78 is 43.1. The van der Waals surface area contributed by atoms with Crippen LogP contribution in [0.25, 0.3) is 22.0 Å². The minimum absolute atomic E-state index is 0.00623. The molecule has 0 fully saturated rings. The van der Waals surface area contributed by atoms with Crippen LogP contribution in [0.5, 0.6) is 0 Å². The Labute approximate surface area is 209 Å². The van der Waals surface area contributed by atoms with Crippen LogP contribution in [0.4, 0.5) is 15.9 Å². The number of rotatable bonds is 7. The van der Waals surface area contributed by atoms with Crippen molar-refractivity contribution in [3.05, 3.63) is 115 Å². The summed E-state index contributed by atoms with van der Waals surface area (Å²) in [7, 11) is -2.22. The largest absolute Gasteiger partial charge is 0.373 e. The molecule has 4 aromatic carbocycles. The zero-order chi connectivity index (χ0) is 25.1. The molecule has 8 heteroatoms. The lowest BCUT2D eigenvalue weighted by atomic mass is 10.0. The van der Waals surface area contributed by atoms with Crippen molar-refractivity contribution in [3.63, 3.8) is 0 Å². The SMILES string of the molecule is CNc1ncnc2ccc(-c3cccc(CN(c4ccccc4F)S(=O)(=O)c4ccccc4)c3)cc12. The molecule has 180 valence electrons. The Hall–Kier alpha value is -4.30. The van der Waals surface area contributed by atoms with Crippen molar-refractivity contribution in [2.24, 2.45) is 0 Å². The Morgan fingerprint density at radius 2 is 1.58 bits per heavy atom. The van der Waals surface area contributed by atoms with Gasteiger partial charge in [-0.05, 0) is 59.2 Å². The summed E-state index contributed by atoms with van der Waals surface area (Å²) in [5.41, 5.74) is 3.35. The second-order valence-electron chi connectivity index (χ2n) is 8.18. The smallest absolute Gasteiger partial charge is 0.264 e. The number of benzene rings is 4. The van der Waals surface area contributed by atoms with Crippen LogP contribution in [0.3, 0.4) is 0 Å². The molecule has 5 aromatic rings. The van der Waals surface area contributed by atoms with Crippen LogP contribution < -0.4 is 9.62 Å². The van der Waals surface area contributed by atoms with Crippen LogP contribution in [-0.2, 0) is 16.6 Å². The first-order valence-electron chi connectivity index (χ1n) is 11.3. The molecule has 6 nitrogen and oxygen atoms in total. The standard InChI is InChI=1S/C28H23FN4O2S/c1-30-28-24-17-22(14-15-26(24)31-19-32-28)21-9-7-8-20(16-21)18-33(27-13-6-5-12-25(27)29)36(34,35)23-10-3-2-4-11-23/h2-17,19H,18H2,1H3,(H,30,31,32). The van der Waals surface area contributed by atoms with E-state index in [0.29, 0.717) is 5.56 Å². The van der Waals surface area contributed by atoms with E-state index >= 15 is 0 Å². The van der Waals surface area contributed by atoms with E-state index in [-0.39, 0.29) is 17.1 Å². The topological polar surface area (TPSA) is 75.2 Å². The third-order valence-corrected chi connectivity index (χ3v) is 7.68. The van der Waals surface area contributed by atoms with Gasteiger partial charge in [-0.25, -0.2) is 22.8 Å². The molecule has 0 aliphatic carbocycles. The van der Waals surface area contributed by atoms with Gasteiger partial charge in [0.2, 0.25) is 0 Å². The Balaban J connectivity index is 1.57. The maximum Gasteiger partial charge on any atom is 0.264 e. The van der Waals surface area contributed by atoms with Crippen LogP contribution in [0.2, 0.25) is 0 Å². The number of anilines is 2. The molecule has 1 aromatic heterocycles. The number of halogens is 1. The highest BCUT2D eigenvalue weighted by Gasteiger charge is 2.27. The molecule has 0 unspecified atom stereocenters. The predicted octanol–water partition coefficient (Wildman–Crippen LogP) is 5.87. The first-order valence-corrected chi connectivity index (χ1v) is 12.8. The van der Waals surface area contributed by atoms with Crippen LogP contribution >= 0.6 is 0 Å². The molecule has 0 bridgehead atoms. The molecule has 0 radical (unpaired) electrons. The fourth-order valence-corrected chi connectivity index (χ4v) is 5.61. The van der Waals surface area contributed by atoms with Gasteiger partial charge in [0.15, 0.2) is 0 Å². The van der Waals surface area contributed by atoms with Gasteiger partial charge in [-0.15, -0.1) is 0 Å². The number of aromatic nitrogens is 2. The van der Waals surface area contributed by atoms with E-state index in [4.69, 9.17) is 0 Å². The number of nitrogens with one attached hydrogen (secondary N) is 1. The fraction of sp³-hybridized carbons (Fsp3) is 0.0714. The van der Waals surface area contributed by atoms with Gasteiger partial charge in [0.25, 0.3) is 10.0 Å². The molecule has 0 saturated carbocycles. The molecule has 0 saturated heterocycles. The number of hydrogen-bond donors (Lipinski definition) is 1. The van der Waals surface area contributed by atoms with Crippen LogP contribution in [-0.4, -0.2) is 25.4 Å². The quantitative estimate of drug-likeness (QED) is 0.304. The van der Waals surface area contributed by atoms with E-state index in [2.05, 4.69) is 15.3 Å². The van der Waals surface area contributed by atoms with E-state index in [1.54, 1.807) is 31.3 Å². The summed E-state index contributed by atoms with van der Waals surface area (Å²) >= 11 is 0. The summed E-state index contributed by atoms with van der Waals surface area (Å²) in [5, 5.41) is 3.96. The Morgan fingerprint density at radius 3 is 2.36 bits per heavy atom. The highest BCUT2D eigenvalue weighted by atomic mass is 32.2. The van der Waals surface area contributed by atoms with Crippen molar-refractivity contribution in [1.82, 2.24) is 9.97 Å². The summed E-state index contributed by atoms with van der Waals surface area (Å²) in [6, 6.07) is 27.4. The van der Waals surface area contributed by atoms with E-state index in [0.717, 1.165) is 32.2 Å². The molecule has 0 spiro atoms. The summed E-state index contributed by atoms with van der Waals surface area (Å²) in [6.07, 6.45) is 1.51. The van der Waals surface area contributed by atoms with Crippen molar-refractivity contribution >= 4 is 32.4 Å². The zero-order valence-electron chi connectivity index (χ0n) is 19.5. The molecule has 0 aliphatic rings. The van der Waals surface area contributed by atoms with Crippen molar-refractivity contribution in [2.45, 2.75) is 11.4 Å². The lowest BCUT2D eigenvalue weighted by molar-refractivity contribution is 0.584.